The van der Waals surface area contributed by atoms with Crippen molar-refractivity contribution in [3.05, 3.63) is 95.6 Å². The minimum Gasteiger partial charge on any atom is -0.384 e. The molecular formula is C24H21N3OS. The van der Waals surface area contributed by atoms with Crippen LogP contribution < -0.4 is 4.90 Å². The molecule has 0 radical (unpaired) electrons. The number of anilines is 1. The number of oxime groups is 1. The lowest BCUT2D eigenvalue weighted by Crippen LogP contribution is -2.31. The smallest absolute Gasteiger partial charge is 0.175 e. The summed E-state index contributed by atoms with van der Waals surface area (Å²) in [6.07, 6.45) is -0.116. The van der Waals surface area contributed by atoms with Crippen LogP contribution in [0.25, 0.3) is 0 Å². The van der Waals surface area contributed by atoms with E-state index in [0.717, 1.165) is 27.9 Å². The highest BCUT2D eigenvalue weighted by molar-refractivity contribution is 8.16. The van der Waals surface area contributed by atoms with Crippen LogP contribution in [0, 0.1) is 13.8 Å². The number of hydrogen-bond donors (Lipinski definition) is 0. The van der Waals surface area contributed by atoms with Gasteiger partial charge in [-0.05, 0) is 43.7 Å². The number of nitrogens with zero attached hydrogens (tertiary/aromatic N) is 3. The lowest BCUT2D eigenvalue weighted by molar-refractivity contribution is 0.0884. The number of aliphatic imine (C=N–C) groups is 1. The Morgan fingerprint density at radius 1 is 0.862 bits per heavy atom. The summed E-state index contributed by atoms with van der Waals surface area (Å²) in [6, 6.07) is 27.0. The van der Waals surface area contributed by atoms with E-state index < -0.39 is 0 Å². The Morgan fingerprint density at radius 2 is 1.52 bits per heavy atom. The van der Waals surface area contributed by atoms with E-state index in [-0.39, 0.29) is 11.4 Å². The maximum Gasteiger partial charge on any atom is 0.175 e. The summed E-state index contributed by atoms with van der Waals surface area (Å²) < 4.78 is 0. The van der Waals surface area contributed by atoms with E-state index >= 15 is 0 Å². The second-order valence-electron chi connectivity index (χ2n) is 7.33. The van der Waals surface area contributed by atoms with Crippen LogP contribution in [0.4, 0.5) is 11.4 Å². The van der Waals surface area contributed by atoms with Crippen molar-refractivity contribution in [3.8, 4) is 0 Å². The standard InChI is InChI=1S/C24H21N3OS/c1-16-8-12-19(13-9-16)25-24-27(20-14-10-17(2)11-15-20)23-22(29-24)21(28-26-23)18-6-4-3-5-7-18/h3-15,21-22H,1-2H3. The molecule has 0 aliphatic carbocycles. The van der Waals surface area contributed by atoms with E-state index in [2.05, 4.69) is 84.6 Å². The first kappa shape index (κ1) is 18.0. The Hall–Kier alpha value is -3.05. The van der Waals surface area contributed by atoms with E-state index in [1.54, 1.807) is 11.8 Å². The summed E-state index contributed by atoms with van der Waals surface area (Å²) in [5.74, 6) is 0.901. The van der Waals surface area contributed by atoms with Gasteiger partial charge in [-0.25, -0.2) is 4.99 Å². The second kappa shape index (κ2) is 7.41. The van der Waals surface area contributed by atoms with Gasteiger partial charge in [0.15, 0.2) is 17.1 Å². The fourth-order valence-corrected chi connectivity index (χ4v) is 4.80. The van der Waals surface area contributed by atoms with Crippen LogP contribution in [0.3, 0.4) is 0 Å². The highest BCUT2D eigenvalue weighted by atomic mass is 32.2. The monoisotopic (exact) mass is 399 g/mol. The number of thioether (sulfide) groups is 1. The van der Waals surface area contributed by atoms with Gasteiger partial charge in [0.05, 0.1) is 5.69 Å². The average Bonchev–Trinajstić information content (AvgIpc) is 3.30. The molecule has 5 heteroatoms. The van der Waals surface area contributed by atoms with Crippen molar-refractivity contribution in [2.45, 2.75) is 25.2 Å². The summed E-state index contributed by atoms with van der Waals surface area (Å²) >= 11 is 1.71. The summed E-state index contributed by atoms with van der Waals surface area (Å²) in [5.41, 5.74) is 5.56. The largest absolute Gasteiger partial charge is 0.384 e. The van der Waals surface area contributed by atoms with Crippen LogP contribution in [0.5, 0.6) is 0 Å². The number of rotatable bonds is 3. The highest BCUT2D eigenvalue weighted by Gasteiger charge is 2.47. The van der Waals surface area contributed by atoms with Crippen LogP contribution in [0.2, 0.25) is 0 Å². The van der Waals surface area contributed by atoms with Crippen molar-refractivity contribution in [1.82, 2.24) is 0 Å². The van der Waals surface area contributed by atoms with E-state index in [1.165, 1.54) is 11.1 Å². The first-order valence-corrected chi connectivity index (χ1v) is 10.5. The van der Waals surface area contributed by atoms with E-state index in [9.17, 15) is 0 Å². The number of hydrogen-bond acceptors (Lipinski definition) is 4. The fourth-order valence-electron chi connectivity index (χ4n) is 3.52. The Kier molecular flexibility index (Phi) is 4.60. The minimum atomic E-state index is -0.116. The molecule has 1 fully saturated rings. The van der Waals surface area contributed by atoms with Crippen molar-refractivity contribution >= 4 is 34.1 Å². The van der Waals surface area contributed by atoms with Crippen LogP contribution in [-0.4, -0.2) is 16.3 Å². The van der Waals surface area contributed by atoms with Gasteiger partial charge in [-0.1, -0.05) is 82.6 Å². The first-order valence-electron chi connectivity index (χ1n) is 9.66. The molecule has 0 spiro atoms. The molecule has 5 rings (SSSR count). The molecule has 0 amide bonds. The molecule has 3 aromatic rings. The summed E-state index contributed by atoms with van der Waals surface area (Å²) in [5, 5.41) is 5.48. The minimum absolute atomic E-state index is 0.0721. The van der Waals surface area contributed by atoms with Crippen molar-refractivity contribution in [2.75, 3.05) is 4.90 Å². The van der Waals surface area contributed by atoms with Gasteiger partial charge < -0.3 is 4.84 Å². The van der Waals surface area contributed by atoms with Gasteiger partial charge in [-0.15, -0.1) is 0 Å². The van der Waals surface area contributed by atoms with Gasteiger partial charge >= 0.3 is 0 Å². The molecule has 29 heavy (non-hydrogen) atoms. The molecular weight excluding hydrogens is 378 g/mol. The number of benzene rings is 3. The fraction of sp³-hybridized carbons (Fsp3) is 0.167. The third-order valence-electron chi connectivity index (χ3n) is 5.12. The molecule has 1 saturated heterocycles. The summed E-state index contributed by atoms with van der Waals surface area (Å²) in [7, 11) is 0. The lowest BCUT2D eigenvalue weighted by atomic mass is 10.1. The Balaban J connectivity index is 1.55. The third kappa shape index (κ3) is 3.42. The molecule has 4 nitrogen and oxygen atoms in total. The maximum atomic E-state index is 5.87. The first-order chi connectivity index (χ1) is 14.2. The van der Waals surface area contributed by atoms with Crippen LogP contribution in [0.15, 0.2) is 89.0 Å². The quantitative estimate of drug-likeness (QED) is 0.542. The van der Waals surface area contributed by atoms with Crippen LogP contribution >= 0.6 is 11.8 Å². The lowest BCUT2D eigenvalue weighted by Gasteiger charge is -2.18. The molecule has 2 aliphatic heterocycles. The van der Waals surface area contributed by atoms with Crippen molar-refractivity contribution in [1.29, 1.82) is 0 Å². The zero-order chi connectivity index (χ0) is 19.8. The Labute approximate surface area is 174 Å². The maximum absolute atomic E-state index is 5.87. The number of amidine groups is 2. The van der Waals surface area contributed by atoms with Gasteiger partial charge in [0.2, 0.25) is 0 Å². The number of aryl methyl sites for hydroxylation is 2. The van der Waals surface area contributed by atoms with E-state index in [0.29, 0.717) is 0 Å². The Bertz CT molecular complexity index is 1080. The van der Waals surface area contributed by atoms with Gasteiger partial charge in [0.1, 0.15) is 5.25 Å². The van der Waals surface area contributed by atoms with Crippen molar-refractivity contribution < 1.29 is 4.84 Å². The van der Waals surface area contributed by atoms with E-state index in [4.69, 9.17) is 9.83 Å². The highest BCUT2D eigenvalue weighted by Crippen LogP contribution is 2.45. The molecule has 2 aliphatic rings. The Morgan fingerprint density at radius 3 is 2.21 bits per heavy atom. The van der Waals surface area contributed by atoms with Crippen LogP contribution in [-0.2, 0) is 4.84 Å². The predicted octanol–water partition coefficient (Wildman–Crippen LogP) is 6.00. The normalized spacial score (nSPS) is 21.8. The van der Waals surface area contributed by atoms with Gasteiger partial charge in [0, 0.05) is 5.69 Å². The summed E-state index contributed by atoms with van der Waals surface area (Å²) in [4.78, 5) is 12.9. The molecule has 0 N–H and O–H groups in total. The van der Waals surface area contributed by atoms with Gasteiger partial charge in [-0.2, -0.15) is 0 Å². The van der Waals surface area contributed by atoms with Gasteiger partial charge in [0.25, 0.3) is 0 Å². The molecule has 3 aromatic carbocycles. The summed E-state index contributed by atoms with van der Waals surface area (Å²) in [6.45, 7) is 4.18. The second-order valence-corrected chi connectivity index (χ2v) is 8.43. The van der Waals surface area contributed by atoms with Gasteiger partial charge in [-0.3, -0.25) is 4.90 Å². The molecule has 2 heterocycles. The molecule has 2 unspecified atom stereocenters. The topological polar surface area (TPSA) is 37.2 Å². The van der Waals surface area contributed by atoms with Crippen molar-refractivity contribution in [3.63, 3.8) is 0 Å². The SMILES string of the molecule is Cc1ccc(N=C2SC3C(=NOC3c3ccccc3)N2c2ccc(C)cc2)cc1. The third-order valence-corrected chi connectivity index (χ3v) is 6.32. The molecule has 2 atom stereocenters. The molecule has 0 saturated carbocycles. The van der Waals surface area contributed by atoms with E-state index in [1.807, 2.05) is 18.2 Å². The average molecular weight is 400 g/mol. The molecule has 0 aromatic heterocycles. The zero-order valence-electron chi connectivity index (χ0n) is 16.3. The molecule has 144 valence electrons. The van der Waals surface area contributed by atoms with Crippen LogP contribution in [0.1, 0.15) is 22.8 Å². The number of fused-ring (bicyclic) bond motifs is 1. The zero-order valence-corrected chi connectivity index (χ0v) is 17.1. The predicted molar refractivity (Wildman–Crippen MR) is 121 cm³/mol. The van der Waals surface area contributed by atoms with Crippen molar-refractivity contribution in [2.24, 2.45) is 10.1 Å². The molecule has 0 bridgehead atoms.